The van der Waals surface area contributed by atoms with Crippen LogP contribution in [0.3, 0.4) is 0 Å². The Balaban J connectivity index is 1.85. The Morgan fingerprint density at radius 3 is 2.12 bits per heavy atom. The molecule has 0 aliphatic rings. The molecule has 0 aromatic carbocycles. The van der Waals surface area contributed by atoms with Crippen molar-refractivity contribution in [2.75, 3.05) is 6.61 Å². The van der Waals surface area contributed by atoms with Crippen molar-refractivity contribution in [3.63, 3.8) is 0 Å². The Hall–Kier alpha value is -1.09. The molecule has 1 aromatic rings. The highest BCUT2D eigenvalue weighted by molar-refractivity contribution is 4.81. The van der Waals surface area contributed by atoms with Gasteiger partial charge in [-0.3, -0.25) is 0 Å². The van der Waals surface area contributed by atoms with E-state index < -0.39 is 0 Å². The van der Waals surface area contributed by atoms with E-state index in [1.54, 1.807) is 0 Å². The molecule has 2 N–H and O–H groups in total. The molecule has 25 heavy (non-hydrogen) atoms. The number of aromatic nitrogens is 2. The fraction of sp³-hybridized carbons (Fsp3) is 0.773. The average Bonchev–Trinajstić information content (AvgIpc) is 3.06. The molecule has 0 atom stereocenters. The van der Waals surface area contributed by atoms with E-state index in [-0.39, 0.29) is 6.61 Å². The smallest absolute Gasteiger partial charge is 0.254 e. The van der Waals surface area contributed by atoms with Gasteiger partial charge in [0.1, 0.15) is 18.9 Å². The molecule has 0 bridgehead atoms. The highest BCUT2D eigenvalue weighted by atomic mass is 16.3. The number of aryl methyl sites for hydroxylation is 1. The van der Waals surface area contributed by atoms with Crippen LogP contribution in [0.1, 0.15) is 96.2 Å². The van der Waals surface area contributed by atoms with Gasteiger partial charge in [0.2, 0.25) is 0 Å². The normalized spacial score (nSPS) is 11.6. The molecule has 0 aliphatic carbocycles. The Morgan fingerprint density at radius 1 is 0.880 bits per heavy atom. The minimum Gasteiger partial charge on any atom is -0.392 e. The van der Waals surface area contributed by atoms with Gasteiger partial charge in [-0.25, -0.2) is 9.55 Å². The van der Waals surface area contributed by atoms with Crippen molar-refractivity contribution in [1.29, 1.82) is 0 Å². The molecule has 0 saturated carbocycles. The van der Waals surface area contributed by atoms with E-state index in [0.717, 1.165) is 6.42 Å². The Morgan fingerprint density at radius 2 is 1.48 bits per heavy atom. The molecule has 0 aliphatic heterocycles. The molecule has 3 heteroatoms. The number of unbranched alkanes of at least 4 members (excludes halogenated alkanes) is 11. The molecule has 1 rings (SSSR count). The number of aliphatic hydroxyl groups is 1. The molecule has 0 unspecified atom stereocenters. The van der Waals surface area contributed by atoms with Crippen LogP contribution >= 0.6 is 0 Å². The van der Waals surface area contributed by atoms with Crippen molar-refractivity contribution in [3.05, 3.63) is 30.4 Å². The minimum atomic E-state index is 0.210. The van der Waals surface area contributed by atoms with Crippen LogP contribution in [0, 0.1) is 0 Å². The fourth-order valence-electron chi connectivity index (χ4n) is 3.29. The molecular weight excluding hydrogens is 308 g/mol. The van der Waals surface area contributed by atoms with Gasteiger partial charge in [-0.2, -0.15) is 0 Å². The molecule has 0 spiro atoms. The van der Waals surface area contributed by atoms with Crippen LogP contribution in [0.15, 0.2) is 24.5 Å². The van der Waals surface area contributed by atoms with Crippen LogP contribution in [0.25, 0.3) is 0 Å². The monoisotopic (exact) mass is 349 g/mol. The van der Waals surface area contributed by atoms with Gasteiger partial charge < -0.3 is 5.11 Å². The summed E-state index contributed by atoms with van der Waals surface area (Å²) in [5, 5.41) is 9.03. The van der Waals surface area contributed by atoms with Gasteiger partial charge in [0.15, 0.2) is 0 Å². The molecular formula is C22H41N2O+. The SMILES string of the molecule is CCCCCCCC/C=C/CCCCCCCc1[nH]cc[n+]1CCO. The van der Waals surface area contributed by atoms with Crippen LogP contribution in [-0.2, 0) is 13.0 Å². The number of aliphatic hydroxyl groups excluding tert-OH is 1. The molecule has 0 fully saturated rings. The van der Waals surface area contributed by atoms with Gasteiger partial charge in [-0.15, -0.1) is 0 Å². The first-order valence-electron chi connectivity index (χ1n) is 10.7. The zero-order chi connectivity index (χ0) is 18.0. The predicted molar refractivity (Wildman–Crippen MR) is 107 cm³/mol. The first-order chi connectivity index (χ1) is 12.4. The summed E-state index contributed by atoms with van der Waals surface area (Å²) >= 11 is 0. The quantitative estimate of drug-likeness (QED) is 0.218. The number of H-pyrrole nitrogens is 1. The third kappa shape index (κ3) is 12.0. The Bertz CT molecular complexity index is 425. The van der Waals surface area contributed by atoms with E-state index in [9.17, 15) is 0 Å². The number of allylic oxidation sites excluding steroid dienone is 2. The lowest BCUT2D eigenvalue weighted by Crippen LogP contribution is -2.37. The van der Waals surface area contributed by atoms with Crippen LogP contribution in [0.2, 0.25) is 0 Å². The first-order valence-corrected chi connectivity index (χ1v) is 10.7. The van der Waals surface area contributed by atoms with Gasteiger partial charge in [-0.05, 0) is 32.1 Å². The lowest BCUT2D eigenvalue weighted by Gasteiger charge is -2.00. The molecule has 1 heterocycles. The second-order valence-electron chi connectivity index (χ2n) is 7.16. The summed E-state index contributed by atoms with van der Waals surface area (Å²) in [6, 6.07) is 0. The lowest BCUT2D eigenvalue weighted by atomic mass is 10.1. The highest BCUT2D eigenvalue weighted by Gasteiger charge is 2.08. The van der Waals surface area contributed by atoms with Crippen LogP contribution < -0.4 is 4.57 Å². The van der Waals surface area contributed by atoms with Crippen LogP contribution in [0.5, 0.6) is 0 Å². The largest absolute Gasteiger partial charge is 0.392 e. The van der Waals surface area contributed by atoms with Crippen molar-refractivity contribution in [2.24, 2.45) is 0 Å². The van der Waals surface area contributed by atoms with Crippen molar-refractivity contribution in [3.8, 4) is 0 Å². The maximum atomic E-state index is 9.03. The van der Waals surface area contributed by atoms with Crippen molar-refractivity contribution in [1.82, 2.24) is 4.98 Å². The molecule has 144 valence electrons. The number of aromatic amines is 1. The summed E-state index contributed by atoms with van der Waals surface area (Å²) in [4.78, 5) is 3.28. The molecule has 0 radical (unpaired) electrons. The van der Waals surface area contributed by atoms with Gasteiger partial charge in [0.05, 0.1) is 6.61 Å². The minimum absolute atomic E-state index is 0.210. The third-order valence-electron chi connectivity index (χ3n) is 4.87. The van der Waals surface area contributed by atoms with Crippen LogP contribution in [0.4, 0.5) is 0 Å². The summed E-state index contributed by atoms with van der Waals surface area (Å²) in [5.41, 5.74) is 0. The van der Waals surface area contributed by atoms with Crippen molar-refractivity contribution < 1.29 is 9.67 Å². The maximum Gasteiger partial charge on any atom is 0.254 e. The Labute approximate surface area is 155 Å². The van der Waals surface area contributed by atoms with E-state index in [1.807, 2.05) is 12.4 Å². The highest BCUT2D eigenvalue weighted by Crippen LogP contribution is 2.10. The summed E-state index contributed by atoms with van der Waals surface area (Å²) < 4.78 is 2.12. The number of rotatable bonds is 17. The first kappa shape index (κ1) is 22.0. The van der Waals surface area contributed by atoms with Crippen LogP contribution in [-0.4, -0.2) is 16.7 Å². The van der Waals surface area contributed by atoms with Crippen molar-refractivity contribution in [2.45, 2.75) is 103 Å². The number of imidazole rings is 1. The standard InChI is InChI=1S/C22H40N2O/c1-2-3-4-5-6-7-8-9-10-11-12-13-14-15-16-17-22-23-18-19-24(22)20-21-25/h9-10,18-19,25H,2-8,11-17,20-21H2,1H3/p+1/b10-9+. The van der Waals surface area contributed by atoms with E-state index >= 15 is 0 Å². The summed E-state index contributed by atoms with van der Waals surface area (Å²) in [6.07, 6.45) is 27.3. The van der Waals surface area contributed by atoms with Gasteiger partial charge in [0.25, 0.3) is 5.82 Å². The van der Waals surface area contributed by atoms with E-state index in [2.05, 4.69) is 28.6 Å². The second kappa shape index (κ2) is 16.4. The zero-order valence-electron chi connectivity index (χ0n) is 16.5. The maximum absolute atomic E-state index is 9.03. The number of hydrogen-bond donors (Lipinski definition) is 2. The summed E-state index contributed by atoms with van der Waals surface area (Å²) in [6.45, 7) is 3.19. The lowest BCUT2D eigenvalue weighted by molar-refractivity contribution is -0.704. The molecule has 0 amide bonds. The molecule has 3 nitrogen and oxygen atoms in total. The second-order valence-corrected chi connectivity index (χ2v) is 7.16. The zero-order valence-corrected chi connectivity index (χ0v) is 16.5. The van der Waals surface area contributed by atoms with E-state index in [0.29, 0.717) is 6.54 Å². The molecule has 1 aromatic heterocycles. The number of hydrogen-bond acceptors (Lipinski definition) is 1. The third-order valence-corrected chi connectivity index (χ3v) is 4.87. The number of nitrogens with one attached hydrogen (secondary N) is 1. The Kier molecular flexibility index (Phi) is 14.4. The fourth-order valence-corrected chi connectivity index (χ4v) is 3.29. The molecule has 0 saturated heterocycles. The van der Waals surface area contributed by atoms with E-state index in [4.69, 9.17) is 5.11 Å². The number of nitrogens with zero attached hydrogens (tertiary/aromatic N) is 1. The van der Waals surface area contributed by atoms with Gasteiger partial charge >= 0.3 is 0 Å². The topological polar surface area (TPSA) is 39.9 Å². The summed E-state index contributed by atoms with van der Waals surface area (Å²) in [7, 11) is 0. The van der Waals surface area contributed by atoms with Gasteiger partial charge in [-0.1, -0.05) is 70.4 Å². The van der Waals surface area contributed by atoms with Crippen molar-refractivity contribution >= 4 is 0 Å². The van der Waals surface area contributed by atoms with Gasteiger partial charge in [0, 0.05) is 6.42 Å². The van der Waals surface area contributed by atoms with E-state index in [1.165, 1.54) is 89.3 Å². The predicted octanol–water partition coefficient (Wildman–Crippen LogP) is 5.48. The average molecular weight is 350 g/mol. The summed E-state index contributed by atoms with van der Waals surface area (Å²) in [5.74, 6) is 1.24.